The van der Waals surface area contributed by atoms with Gasteiger partial charge in [0.05, 0.1) is 22.6 Å². The number of hydrogen-bond acceptors (Lipinski definition) is 6. The molecule has 0 bridgehead atoms. The van der Waals surface area contributed by atoms with Crippen LogP contribution in [0.25, 0.3) is 10.9 Å². The first kappa shape index (κ1) is 14.8. The standard InChI is InChI=1S/C17H14N4O2S/c1-24(22,23)13-4-5-15-14(9-13)16(6-7-18-15)20-12-3-2-11-10-19-21-17(11)8-12/h2-9H,10H2,1H3,(H,18,20). The number of azo groups is 1. The zero-order valence-electron chi connectivity index (χ0n) is 12.9. The highest BCUT2D eigenvalue weighted by atomic mass is 32.2. The van der Waals surface area contributed by atoms with Crippen molar-refractivity contribution in [2.45, 2.75) is 11.4 Å². The molecule has 1 aliphatic rings. The van der Waals surface area contributed by atoms with E-state index in [1.54, 1.807) is 24.4 Å². The Morgan fingerprint density at radius 2 is 1.96 bits per heavy atom. The Kier molecular flexibility index (Phi) is 3.31. The van der Waals surface area contributed by atoms with Gasteiger partial charge in [0.15, 0.2) is 9.84 Å². The molecular weight excluding hydrogens is 324 g/mol. The number of anilines is 2. The molecule has 0 amide bonds. The number of benzene rings is 2. The molecule has 7 heteroatoms. The van der Waals surface area contributed by atoms with Crippen molar-refractivity contribution in [3.8, 4) is 0 Å². The molecule has 6 nitrogen and oxygen atoms in total. The fourth-order valence-corrected chi connectivity index (χ4v) is 3.32. The van der Waals surface area contributed by atoms with E-state index in [9.17, 15) is 8.42 Å². The molecule has 3 aromatic rings. The van der Waals surface area contributed by atoms with Gasteiger partial charge in [-0.15, -0.1) is 0 Å². The molecule has 1 N–H and O–H groups in total. The van der Waals surface area contributed by atoms with Crippen molar-refractivity contribution in [2.75, 3.05) is 11.6 Å². The molecular formula is C17H14N4O2S. The van der Waals surface area contributed by atoms with Crippen LogP contribution in [0.15, 0.2) is 63.8 Å². The monoisotopic (exact) mass is 338 g/mol. The number of rotatable bonds is 3. The lowest BCUT2D eigenvalue weighted by Gasteiger charge is -2.11. The maximum Gasteiger partial charge on any atom is 0.175 e. The number of aromatic nitrogens is 1. The van der Waals surface area contributed by atoms with E-state index in [4.69, 9.17) is 0 Å². The van der Waals surface area contributed by atoms with Gasteiger partial charge in [0.1, 0.15) is 0 Å². The van der Waals surface area contributed by atoms with E-state index in [0.29, 0.717) is 6.54 Å². The molecule has 0 aliphatic carbocycles. The van der Waals surface area contributed by atoms with Gasteiger partial charge in [0.25, 0.3) is 0 Å². The van der Waals surface area contributed by atoms with Crippen LogP contribution in [-0.2, 0) is 16.4 Å². The molecule has 1 aromatic heterocycles. The van der Waals surface area contributed by atoms with Gasteiger partial charge in [-0.3, -0.25) is 4.98 Å². The number of nitrogens with one attached hydrogen (secondary N) is 1. The van der Waals surface area contributed by atoms with Crippen LogP contribution in [0, 0.1) is 0 Å². The lowest BCUT2D eigenvalue weighted by Crippen LogP contribution is -1.98. The van der Waals surface area contributed by atoms with Crippen molar-refractivity contribution < 1.29 is 8.42 Å². The molecule has 1 aliphatic heterocycles. The Bertz CT molecular complexity index is 1090. The lowest BCUT2D eigenvalue weighted by molar-refractivity contribution is 0.602. The van der Waals surface area contributed by atoms with E-state index in [-0.39, 0.29) is 4.90 Å². The number of nitrogens with zero attached hydrogens (tertiary/aromatic N) is 3. The smallest absolute Gasteiger partial charge is 0.175 e. The van der Waals surface area contributed by atoms with Gasteiger partial charge < -0.3 is 5.32 Å². The Labute approximate surface area is 139 Å². The van der Waals surface area contributed by atoms with Crippen LogP contribution < -0.4 is 5.32 Å². The average molecular weight is 338 g/mol. The maximum absolute atomic E-state index is 11.8. The summed E-state index contributed by atoms with van der Waals surface area (Å²) in [6.07, 6.45) is 2.89. The van der Waals surface area contributed by atoms with Crippen LogP contribution >= 0.6 is 0 Å². The maximum atomic E-state index is 11.8. The molecule has 0 radical (unpaired) electrons. The Morgan fingerprint density at radius 1 is 1.08 bits per heavy atom. The highest BCUT2D eigenvalue weighted by molar-refractivity contribution is 7.90. The van der Waals surface area contributed by atoms with E-state index in [2.05, 4.69) is 20.5 Å². The summed E-state index contributed by atoms with van der Waals surface area (Å²) in [5.74, 6) is 0. The molecule has 24 heavy (non-hydrogen) atoms. The summed E-state index contributed by atoms with van der Waals surface area (Å²) in [6.45, 7) is 0.617. The van der Waals surface area contributed by atoms with Crippen molar-refractivity contribution in [1.29, 1.82) is 0 Å². The molecule has 0 fully saturated rings. The second kappa shape index (κ2) is 5.38. The predicted octanol–water partition coefficient (Wildman–Crippen LogP) is 3.98. The molecule has 0 saturated carbocycles. The molecule has 0 saturated heterocycles. The van der Waals surface area contributed by atoms with Gasteiger partial charge >= 0.3 is 0 Å². The minimum Gasteiger partial charge on any atom is -0.355 e. The van der Waals surface area contributed by atoms with Gasteiger partial charge in [0, 0.05) is 34.8 Å². The van der Waals surface area contributed by atoms with Crippen molar-refractivity contribution in [1.82, 2.24) is 4.98 Å². The summed E-state index contributed by atoms with van der Waals surface area (Å²) in [7, 11) is -3.27. The molecule has 120 valence electrons. The summed E-state index contributed by atoms with van der Waals surface area (Å²) in [4.78, 5) is 4.57. The van der Waals surface area contributed by atoms with Crippen LogP contribution in [0.2, 0.25) is 0 Å². The fraction of sp³-hybridized carbons (Fsp3) is 0.118. The molecule has 0 atom stereocenters. The van der Waals surface area contributed by atoms with Crippen LogP contribution in [0.1, 0.15) is 5.56 Å². The third kappa shape index (κ3) is 2.63. The van der Waals surface area contributed by atoms with Crippen LogP contribution in [0.4, 0.5) is 17.1 Å². The third-order valence-electron chi connectivity index (χ3n) is 3.92. The quantitative estimate of drug-likeness (QED) is 0.783. The van der Waals surface area contributed by atoms with E-state index in [1.807, 2.05) is 24.3 Å². The average Bonchev–Trinajstić information content (AvgIpc) is 3.01. The highest BCUT2D eigenvalue weighted by Gasteiger charge is 2.12. The van der Waals surface area contributed by atoms with Gasteiger partial charge in [-0.2, -0.15) is 10.2 Å². The lowest BCUT2D eigenvalue weighted by atomic mass is 10.1. The number of pyridine rings is 1. The minimum atomic E-state index is -3.27. The zero-order chi connectivity index (χ0) is 16.7. The van der Waals surface area contributed by atoms with Gasteiger partial charge in [0.2, 0.25) is 0 Å². The Balaban J connectivity index is 1.80. The minimum absolute atomic E-state index is 0.272. The van der Waals surface area contributed by atoms with Crippen molar-refractivity contribution >= 4 is 37.8 Å². The molecule has 2 heterocycles. The summed E-state index contributed by atoms with van der Waals surface area (Å²) in [5, 5.41) is 12.2. The summed E-state index contributed by atoms with van der Waals surface area (Å²) in [5.41, 5.74) is 4.34. The second-order valence-corrected chi connectivity index (χ2v) is 7.69. The SMILES string of the molecule is CS(=O)(=O)c1ccc2nccc(Nc3ccc4c(c3)N=NC4)c2c1. The number of sulfone groups is 1. The van der Waals surface area contributed by atoms with Crippen LogP contribution in [0.5, 0.6) is 0 Å². The van der Waals surface area contributed by atoms with Gasteiger partial charge in [-0.1, -0.05) is 6.07 Å². The van der Waals surface area contributed by atoms with Crippen molar-refractivity contribution in [2.24, 2.45) is 10.2 Å². The van der Waals surface area contributed by atoms with Gasteiger partial charge in [-0.05, 0) is 36.4 Å². The van der Waals surface area contributed by atoms with Crippen LogP contribution in [0.3, 0.4) is 0 Å². The van der Waals surface area contributed by atoms with E-state index >= 15 is 0 Å². The first-order chi connectivity index (χ1) is 11.5. The molecule has 0 unspecified atom stereocenters. The van der Waals surface area contributed by atoms with Crippen molar-refractivity contribution in [3.05, 3.63) is 54.2 Å². The summed E-state index contributed by atoms with van der Waals surface area (Å²) < 4.78 is 23.6. The van der Waals surface area contributed by atoms with E-state index in [1.165, 1.54) is 6.26 Å². The molecule has 0 spiro atoms. The highest BCUT2D eigenvalue weighted by Crippen LogP contribution is 2.32. The Hall–Kier alpha value is -2.80. The molecule has 2 aromatic carbocycles. The number of hydrogen-bond donors (Lipinski definition) is 1. The third-order valence-corrected chi connectivity index (χ3v) is 5.04. The summed E-state index contributed by atoms with van der Waals surface area (Å²) >= 11 is 0. The van der Waals surface area contributed by atoms with E-state index in [0.717, 1.165) is 33.5 Å². The Morgan fingerprint density at radius 3 is 2.79 bits per heavy atom. The van der Waals surface area contributed by atoms with Gasteiger partial charge in [-0.25, -0.2) is 8.42 Å². The molecule has 4 rings (SSSR count). The largest absolute Gasteiger partial charge is 0.355 e. The fourth-order valence-electron chi connectivity index (χ4n) is 2.68. The predicted molar refractivity (Wildman–Crippen MR) is 92.8 cm³/mol. The summed E-state index contributed by atoms with van der Waals surface area (Å²) in [6, 6.07) is 12.6. The second-order valence-electron chi connectivity index (χ2n) is 5.68. The topological polar surface area (TPSA) is 83.8 Å². The first-order valence-electron chi connectivity index (χ1n) is 7.37. The van der Waals surface area contributed by atoms with Crippen LogP contribution in [-0.4, -0.2) is 19.7 Å². The zero-order valence-corrected chi connectivity index (χ0v) is 13.7. The first-order valence-corrected chi connectivity index (χ1v) is 9.26. The van der Waals surface area contributed by atoms with E-state index < -0.39 is 9.84 Å². The number of fused-ring (bicyclic) bond motifs is 2. The van der Waals surface area contributed by atoms with Crippen molar-refractivity contribution in [3.63, 3.8) is 0 Å². The normalized spacial score (nSPS) is 13.2.